The van der Waals surface area contributed by atoms with E-state index in [1.807, 2.05) is 18.2 Å². The summed E-state index contributed by atoms with van der Waals surface area (Å²) in [5.41, 5.74) is 7.58. The largest absolute Gasteiger partial charge is 0.338 e. The maximum absolute atomic E-state index is 11.5. The van der Waals surface area contributed by atoms with E-state index in [1.165, 1.54) is 0 Å². The van der Waals surface area contributed by atoms with Crippen LogP contribution in [0, 0.1) is 0 Å². The number of hydrogen-bond donors (Lipinski definition) is 2. The molecule has 0 saturated carbocycles. The second-order valence-electron chi connectivity index (χ2n) is 3.94. The molecule has 3 aromatic rings. The zero-order chi connectivity index (χ0) is 12.7. The molecule has 2 heterocycles. The smallest absolute Gasteiger partial charge is 0.326 e. The fourth-order valence-corrected chi connectivity index (χ4v) is 1.83. The molecular weight excluding hydrogens is 234 g/mol. The van der Waals surface area contributed by atoms with Crippen molar-refractivity contribution < 1.29 is 4.52 Å². The number of nitrogens with two attached hydrogens (primary N) is 1. The van der Waals surface area contributed by atoms with Crippen LogP contribution in [0.2, 0.25) is 0 Å². The predicted molar refractivity (Wildman–Crippen MR) is 64.7 cm³/mol. The lowest BCUT2D eigenvalue weighted by molar-refractivity contribution is 0.380. The Bertz CT molecular complexity index is 767. The lowest BCUT2D eigenvalue weighted by Crippen LogP contribution is -2.11. The average Bonchev–Trinajstić information content (AvgIpc) is 2.95. The van der Waals surface area contributed by atoms with E-state index in [0.717, 1.165) is 16.6 Å². The Morgan fingerprint density at radius 2 is 2.33 bits per heavy atom. The van der Waals surface area contributed by atoms with Gasteiger partial charge in [0.25, 0.3) is 0 Å². The van der Waals surface area contributed by atoms with Crippen LogP contribution in [0.25, 0.3) is 22.4 Å². The first-order valence-electron chi connectivity index (χ1n) is 5.41. The van der Waals surface area contributed by atoms with E-state index in [-0.39, 0.29) is 12.2 Å². The molecule has 0 aliphatic carbocycles. The molecule has 0 aliphatic heterocycles. The SMILES string of the molecule is Cn1c(=O)[nH]c2cc(-c3noc(CN)n3)ccc21. The van der Waals surface area contributed by atoms with Gasteiger partial charge in [0.15, 0.2) is 0 Å². The highest BCUT2D eigenvalue weighted by atomic mass is 16.5. The highest BCUT2D eigenvalue weighted by Crippen LogP contribution is 2.20. The maximum atomic E-state index is 11.5. The van der Waals surface area contributed by atoms with Gasteiger partial charge in [-0.05, 0) is 18.2 Å². The molecule has 92 valence electrons. The molecule has 0 bridgehead atoms. The van der Waals surface area contributed by atoms with E-state index >= 15 is 0 Å². The first kappa shape index (κ1) is 10.7. The standard InChI is InChI=1S/C11H11N5O2/c1-16-8-3-2-6(4-7(8)13-11(16)17)10-14-9(5-12)18-15-10/h2-4H,5,12H2,1H3,(H,13,17). The van der Waals surface area contributed by atoms with Crippen molar-refractivity contribution in [2.75, 3.05) is 0 Å². The second kappa shape index (κ2) is 3.81. The molecule has 0 atom stereocenters. The summed E-state index contributed by atoms with van der Waals surface area (Å²) < 4.78 is 6.49. The molecule has 0 spiro atoms. The van der Waals surface area contributed by atoms with Gasteiger partial charge in [-0.1, -0.05) is 5.16 Å². The zero-order valence-electron chi connectivity index (χ0n) is 9.67. The Morgan fingerprint density at radius 3 is 3.06 bits per heavy atom. The number of imidazole rings is 1. The Morgan fingerprint density at radius 1 is 1.50 bits per heavy atom. The Balaban J connectivity index is 2.16. The Labute approximate surface area is 101 Å². The number of hydrogen-bond acceptors (Lipinski definition) is 5. The maximum Gasteiger partial charge on any atom is 0.326 e. The van der Waals surface area contributed by atoms with Crippen LogP contribution in [0.15, 0.2) is 27.5 Å². The minimum atomic E-state index is -0.155. The summed E-state index contributed by atoms with van der Waals surface area (Å²) >= 11 is 0. The monoisotopic (exact) mass is 245 g/mol. The molecular formula is C11H11N5O2. The quantitative estimate of drug-likeness (QED) is 0.679. The average molecular weight is 245 g/mol. The van der Waals surface area contributed by atoms with Gasteiger partial charge in [-0.3, -0.25) is 4.57 Å². The highest BCUT2D eigenvalue weighted by molar-refractivity contribution is 5.80. The van der Waals surface area contributed by atoms with Crippen molar-refractivity contribution in [3.05, 3.63) is 34.6 Å². The van der Waals surface area contributed by atoms with E-state index in [1.54, 1.807) is 11.6 Å². The third-order valence-electron chi connectivity index (χ3n) is 2.81. The Hall–Kier alpha value is -2.41. The number of nitrogens with zero attached hydrogens (tertiary/aromatic N) is 3. The molecule has 2 aromatic heterocycles. The summed E-state index contributed by atoms with van der Waals surface area (Å²) in [7, 11) is 1.71. The normalized spacial score (nSPS) is 11.2. The van der Waals surface area contributed by atoms with E-state index < -0.39 is 0 Å². The summed E-state index contributed by atoms with van der Waals surface area (Å²) in [6.07, 6.45) is 0. The Kier molecular flexibility index (Phi) is 2.27. The third kappa shape index (κ3) is 1.52. The molecule has 3 N–H and O–H groups in total. The van der Waals surface area contributed by atoms with Crippen LogP contribution in [0.1, 0.15) is 5.89 Å². The lowest BCUT2D eigenvalue weighted by atomic mass is 10.2. The number of H-pyrrole nitrogens is 1. The molecule has 3 rings (SSSR count). The molecule has 0 radical (unpaired) electrons. The molecule has 0 saturated heterocycles. The molecule has 7 heteroatoms. The van der Waals surface area contributed by atoms with Gasteiger partial charge >= 0.3 is 5.69 Å². The molecule has 7 nitrogen and oxygen atoms in total. The van der Waals surface area contributed by atoms with Crippen LogP contribution in [0.4, 0.5) is 0 Å². The summed E-state index contributed by atoms with van der Waals surface area (Å²) in [5.74, 6) is 0.841. The highest BCUT2D eigenvalue weighted by Gasteiger charge is 2.10. The van der Waals surface area contributed by atoms with Crippen molar-refractivity contribution in [3.8, 4) is 11.4 Å². The van der Waals surface area contributed by atoms with E-state index in [9.17, 15) is 4.79 Å². The van der Waals surface area contributed by atoms with Gasteiger partial charge in [-0.15, -0.1) is 0 Å². The minimum absolute atomic E-state index is 0.155. The number of aromatic amines is 1. The van der Waals surface area contributed by atoms with Crippen LogP contribution in [0.3, 0.4) is 0 Å². The van der Waals surface area contributed by atoms with Crippen molar-refractivity contribution in [2.45, 2.75) is 6.54 Å². The van der Waals surface area contributed by atoms with Gasteiger partial charge in [0, 0.05) is 12.6 Å². The number of benzene rings is 1. The fourth-order valence-electron chi connectivity index (χ4n) is 1.83. The summed E-state index contributed by atoms with van der Waals surface area (Å²) in [6, 6.07) is 5.48. The molecule has 0 fully saturated rings. The zero-order valence-corrected chi connectivity index (χ0v) is 9.67. The van der Waals surface area contributed by atoms with E-state index in [4.69, 9.17) is 10.3 Å². The van der Waals surface area contributed by atoms with Crippen molar-refractivity contribution >= 4 is 11.0 Å². The molecule has 0 aliphatic rings. The lowest BCUT2D eigenvalue weighted by Gasteiger charge is -1.96. The topological polar surface area (TPSA) is 103 Å². The number of aryl methyl sites for hydroxylation is 1. The van der Waals surface area contributed by atoms with Crippen molar-refractivity contribution in [3.63, 3.8) is 0 Å². The summed E-state index contributed by atoms with van der Waals surface area (Å²) in [4.78, 5) is 18.4. The van der Waals surface area contributed by atoms with Gasteiger partial charge in [0.1, 0.15) is 0 Å². The van der Waals surface area contributed by atoms with E-state index in [2.05, 4.69) is 15.1 Å². The van der Waals surface area contributed by atoms with E-state index in [0.29, 0.717) is 11.7 Å². The van der Waals surface area contributed by atoms with Gasteiger partial charge < -0.3 is 15.2 Å². The fraction of sp³-hybridized carbons (Fsp3) is 0.182. The van der Waals surface area contributed by atoms with Crippen molar-refractivity contribution in [1.82, 2.24) is 19.7 Å². The third-order valence-corrected chi connectivity index (χ3v) is 2.81. The number of nitrogens with one attached hydrogen (secondary N) is 1. The summed E-state index contributed by atoms with van der Waals surface area (Å²) in [5, 5.41) is 3.83. The van der Waals surface area contributed by atoms with Crippen molar-refractivity contribution in [1.29, 1.82) is 0 Å². The van der Waals surface area contributed by atoms with Gasteiger partial charge in [-0.2, -0.15) is 4.98 Å². The van der Waals surface area contributed by atoms with Crippen LogP contribution >= 0.6 is 0 Å². The molecule has 0 unspecified atom stereocenters. The predicted octanol–water partition coefficient (Wildman–Crippen LogP) is 0.375. The number of fused-ring (bicyclic) bond motifs is 1. The first-order chi connectivity index (χ1) is 8.69. The number of aromatic nitrogens is 4. The molecule has 18 heavy (non-hydrogen) atoms. The minimum Gasteiger partial charge on any atom is -0.338 e. The second-order valence-corrected chi connectivity index (χ2v) is 3.94. The van der Waals surface area contributed by atoms with Gasteiger partial charge in [0.05, 0.1) is 17.6 Å². The van der Waals surface area contributed by atoms with Crippen LogP contribution in [-0.4, -0.2) is 19.7 Å². The number of rotatable bonds is 2. The molecule has 1 aromatic carbocycles. The van der Waals surface area contributed by atoms with Crippen LogP contribution in [0.5, 0.6) is 0 Å². The first-order valence-corrected chi connectivity index (χ1v) is 5.41. The van der Waals surface area contributed by atoms with Crippen LogP contribution < -0.4 is 11.4 Å². The summed E-state index contributed by atoms with van der Waals surface area (Å²) in [6.45, 7) is 0.206. The van der Waals surface area contributed by atoms with Crippen molar-refractivity contribution in [2.24, 2.45) is 12.8 Å². The van der Waals surface area contributed by atoms with Gasteiger partial charge in [0.2, 0.25) is 11.7 Å². The van der Waals surface area contributed by atoms with Crippen LogP contribution in [-0.2, 0) is 13.6 Å². The molecule has 0 amide bonds. The van der Waals surface area contributed by atoms with Gasteiger partial charge in [-0.25, -0.2) is 4.79 Å².